The van der Waals surface area contributed by atoms with Gasteiger partial charge in [0.2, 0.25) is 0 Å². The van der Waals surface area contributed by atoms with Crippen LogP contribution >= 0.6 is 23.2 Å². The minimum absolute atomic E-state index is 0.600. The Morgan fingerprint density at radius 1 is 1.19 bits per heavy atom. The summed E-state index contributed by atoms with van der Waals surface area (Å²) in [6.45, 7) is 4.50. The molecule has 1 aromatic heterocycles. The van der Waals surface area contributed by atoms with Crippen LogP contribution in [0.4, 0.5) is 0 Å². The van der Waals surface area contributed by atoms with Crippen LogP contribution in [-0.2, 0) is 26.6 Å². The third-order valence-corrected chi connectivity index (χ3v) is 4.13. The molecule has 0 aliphatic carbocycles. The summed E-state index contributed by atoms with van der Waals surface area (Å²) in [4.78, 5) is 2.30. The van der Waals surface area contributed by atoms with E-state index in [-0.39, 0.29) is 0 Å². The van der Waals surface area contributed by atoms with Gasteiger partial charge in [-0.15, -0.1) is 11.6 Å². The molecular weight excluding hydrogens is 305 g/mol. The standard InChI is InChI=1S/C16H21Cl2N3/c1-3-14-16(18)15(20(2)19-14)12-21(10-9-17)11-13-7-5-4-6-8-13/h4-8H,3,9-12H2,1-2H3. The number of hydrogen-bond acceptors (Lipinski definition) is 2. The van der Waals surface area contributed by atoms with E-state index in [1.165, 1.54) is 5.56 Å². The number of halogens is 2. The smallest absolute Gasteiger partial charge is 0.0863 e. The summed E-state index contributed by atoms with van der Waals surface area (Å²) in [5.74, 6) is 0.600. The van der Waals surface area contributed by atoms with Gasteiger partial charge >= 0.3 is 0 Å². The second kappa shape index (κ2) is 7.83. The van der Waals surface area contributed by atoms with Crippen LogP contribution in [0.1, 0.15) is 23.9 Å². The fourth-order valence-corrected chi connectivity index (χ4v) is 2.97. The Balaban J connectivity index is 2.14. The summed E-state index contributed by atoms with van der Waals surface area (Å²) in [6.07, 6.45) is 0.848. The molecule has 1 heterocycles. The molecule has 114 valence electrons. The maximum atomic E-state index is 6.43. The third kappa shape index (κ3) is 4.22. The van der Waals surface area contributed by atoms with Gasteiger partial charge in [0.15, 0.2) is 0 Å². The average Bonchev–Trinajstić information content (AvgIpc) is 2.76. The fourth-order valence-electron chi connectivity index (χ4n) is 2.38. The van der Waals surface area contributed by atoms with Crippen molar-refractivity contribution in [3.63, 3.8) is 0 Å². The van der Waals surface area contributed by atoms with Gasteiger partial charge in [-0.3, -0.25) is 9.58 Å². The molecule has 2 rings (SSSR count). The molecule has 0 saturated carbocycles. The largest absolute Gasteiger partial charge is 0.292 e. The number of aryl methyl sites for hydroxylation is 2. The van der Waals surface area contributed by atoms with E-state index in [0.717, 1.165) is 42.5 Å². The molecule has 2 aromatic rings. The van der Waals surface area contributed by atoms with Crippen LogP contribution in [0, 0.1) is 0 Å². The Morgan fingerprint density at radius 2 is 1.90 bits per heavy atom. The van der Waals surface area contributed by atoms with E-state index in [9.17, 15) is 0 Å². The maximum absolute atomic E-state index is 6.43. The van der Waals surface area contributed by atoms with Gasteiger partial charge in [-0.2, -0.15) is 5.10 Å². The number of hydrogen-bond donors (Lipinski definition) is 0. The van der Waals surface area contributed by atoms with Crippen LogP contribution in [0.3, 0.4) is 0 Å². The molecule has 0 saturated heterocycles. The minimum atomic E-state index is 0.600. The van der Waals surface area contributed by atoms with Crippen LogP contribution in [0.2, 0.25) is 5.02 Å². The first-order valence-electron chi connectivity index (χ1n) is 7.18. The summed E-state index contributed by atoms with van der Waals surface area (Å²) in [5.41, 5.74) is 3.28. The lowest BCUT2D eigenvalue weighted by atomic mass is 10.2. The van der Waals surface area contributed by atoms with Gasteiger partial charge in [-0.05, 0) is 12.0 Å². The zero-order chi connectivity index (χ0) is 15.2. The van der Waals surface area contributed by atoms with E-state index in [4.69, 9.17) is 23.2 Å². The lowest BCUT2D eigenvalue weighted by molar-refractivity contribution is 0.265. The molecule has 0 atom stereocenters. The van der Waals surface area contributed by atoms with Crippen molar-refractivity contribution < 1.29 is 0 Å². The SMILES string of the molecule is CCc1nn(C)c(CN(CCCl)Cc2ccccc2)c1Cl. The molecule has 0 spiro atoms. The van der Waals surface area contributed by atoms with Gasteiger partial charge in [0, 0.05) is 32.6 Å². The molecule has 0 aliphatic heterocycles. The van der Waals surface area contributed by atoms with E-state index in [1.54, 1.807) is 0 Å². The summed E-state index contributed by atoms with van der Waals surface area (Å²) in [7, 11) is 1.95. The number of alkyl halides is 1. The highest BCUT2D eigenvalue weighted by Gasteiger charge is 2.16. The normalized spacial score (nSPS) is 11.3. The average molecular weight is 326 g/mol. The highest BCUT2D eigenvalue weighted by Crippen LogP contribution is 2.23. The zero-order valence-electron chi connectivity index (χ0n) is 12.5. The number of rotatable bonds is 7. The van der Waals surface area contributed by atoms with E-state index in [1.807, 2.05) is 17.8 Å². The lowest BCUT2D eigenvalue weighted by Gasteiger charge is -2.21. The molecule has 3 nitrogen and oxygen atoms in total. The monoisotopic (exact) mass is 325 g/mol. The van der Waals surface area contributed by atoms with E-state index >= 15 is 0 Å². The van der Waals surface area contributed by atoms with Gasteiger partial charge in [-0.25, -0.2) is 0 Å². The van der Waals surface area contributed by atoms with Crippen LogP contribution in [0.15, 0.2) is 30.3 Å². The molecule has 0 amide bonds. The highest BCUT2D eigenvalue weighted by molar-refractivity contribution is 6.31. The Labute approximate surface area is 136 Å². The quantitative estimate of drug-likeness (QED) is 0.720. The van der Waals surface area contributed by atoms with Crippen molar-refractivity contribution >= 4 is 23.2 Å². The highest BCUT2D eigenvalue weighted by atomic mass is 35.5. The van der Waals surface area contributed by atoms with Crippen molar-refractivity contribution in [3.05, 3.63) is 52.3 Å². The second-order valence-corrected chi connectivity index (χ2v) is 5.83. The van der Waals surface area contributed by atoms with Crippen molar-refractivity contribution in [2.75, 3.05) is 12.4 Å². The van der Waals surface area contributed by atoms with E-state index in [0.29, 0.717) is 5.88 Å². The molecule has 0 N–H and O–H groups in total. The third-order valence-electron chi connectivity index (χ3n) is 3.53. The van der Waals surface area contributed by atoms with E-state index in [2.05, 4.69) is 41.2 Å². The van der Waals surface area contributed by atoms with Gasteiger partial charge in [0.05, 0.1) is 16.4 Å². The summed E-state index contributed by atoms with van der Waals surface area (Å²) in [5, 5.41) is 5.26. The first kappa shape index (κ1) is 16.3. The molecular formula is C16H21Cl2N3. The predicted molar refractivity (Wildman–Crippen MR) is 88.9 cm³/mol. The zero-order valence-corrected chi connectivity index (χ0v) is 14.0. The maximum Gasteiger partial charge on any atom is 0.0863 e. The minimum Gasteiger partial charge on any atom is -0.292 e. The van der Waals surface area contributed by atoms with Crippen molar-refractivity contribution in [3.8, 4) is 0 Å². The van der Waals surface area contributed by atoms with Gasteiger partial charge < -0.3 is 0 Å². The van der Waals surface area contributed by atoms with Crippen molar-refractivity contribution in [2.45, 2.75) is 26.4 Å². The molecule has 0 fully saturated rings. The lowest BCUT2D eigenvalue weighted by Crippen LogP contribution is -2.26. The Morgan fingerprint density at radius 3 is 2.48 bits per heavy atom. The molecule has 0 aliphatic rings. The summed E-state index contributed by atoms with van der Waals surface area (Å²) < 4.78 is 1.88. The molecule has 0 radical (unpaired) electrons. The molecule has 21 heavy (non-hydrogen) atoms. The van der Waals surface area contributed by atoms with Crippen LogP contribution in [-0.4, -0.2) is 27.1 Å². The van der Waals surface area contributed by atoms with Crippen LogP contribution in [0.25, 0.3) is 0 Å². The number of nitrogens with zero attached hydrogens (tertiary/aromatic N) is 3. The Hall–Kier alpha value is -1.03. The first-order chi connectivity index (χ1) is 10.2. The predicted octanol–water partition coefficient (Wildman–Crippen LogP) is 3.88. The second-order valence-electron chi connectivity index (χ2n) is 5.07. The molecule has 5 heteroatoms. The van der Waals surface area contributed by atoms with E-state index < -0.39 is 0 Å². The van der Waals surface area contributed by atoms with Crippen molar-refractivity contribution in [1.82, 2.24) is 14.7 Å². The van der Waals surface area contributed by atoms with Gasteiger partial charge in [0.1, 0.15) is 0 Å². The fraction of sp³-hybridized carbons (Fsp3) is 0.438. The summed E-state index contributed by atoms with van der Waals surface area (Å²) >= 11 is 12.4. The first-order valence-corrected chi connectivity index (χ1v) is 8.09. The van der Waals surface area contributed by atoms with Crippen molar-refractivity contribution in [2.24, 2.45) is 7.05 Å². The Bertz CT molecular complexity index is 566. The summed E-state index contributed by atoms with van der Waals surface area (Å²) in [6, 6.07) is 10.4. The molecule has 1 aromatic carbocycles. The molecule has 0 unspecified atom stereocenters. The van der Waals surface area contributed by atoms with Crippen LogP contribution < -0.4 is 0 Å². The van der Waals surface area contributed by atoms with Crippen molar-refractivity contribution in [1.29, 1.82) is 0 Å². The number of aromatic nitrogens is 2. The van der Waals surface area contributed by atoms with Gasteiger partial charge in [-0.1, -0.05) is 48.9 Å². The topological polar surface area (TPSA) is 21.1 Å². The van der Waals surface area contributed by atoms with Crippen LogP contribution in [0.5, 0.6) is 0 Å². The Kier molecular flexibility index (Phi) is 6.09. The molecule has 0 bridgehead atoms. The van der Waals surface area contributed by atoms with Gasteiger partial charge in [0.25, 0.3) is 0 Å². The number of benzene rings is 1.